The number of carbonyl (C=O) groups excluding carboxylic acids is 1. The Morgan fingerprint density at radius 1 is 1.25 bits per heavy atom. The van der Waals surface area contributed by atoms with Gasteiger partial charge in [-0.3, -0.25) is 4.79 Å². The molecule has 4 unspecified atom stereocenters. The van der Waals surface area contributed by atoms with Crippen LogP contribution in [0.5, 0.6) is 0 Å². The SMILES string of the molecule is CO[C@@H]1C[C@@](C)(C(C)C(C)C(C)=O)C2OC(C)(C)OC21. The summed E-state index contributed by atoms with van der Waals surface area (Å²) in [5, 5.41) is 0. The van der Waals surface area contributed by atoms with Crippen LogP contribution >= 0.6 is 0 Å². The molecular weight excluding hydrogens is 256 g/mol. The van der Waals surface area contributed by atoms with Gasteiger partial charge in [-0.15, -0.1) is 0 Å². The van der Waals surface area contributed by atoms with E-state index in [1.807, 2.05) is 20.8 Å². The normalized spacial score (nSPS) is 42.2. The predicted octanol–water partition coefficient (Wildman–Crippen LogP) is 2.79. The van der Waals surface area contributed by atoms with Crippen molar-refractivity contribution in [1.29, 1.82) is 0 Å². The van der Waals surface area contributed by atoms with Gasteiger partial charge >= 0.3 is 0 Å². The Labute approximate surface area is 122 Å². The summed E-state index contributed by atoms with van der Waals surface area (Å²) in [6, 6.07) is 0. The third kappa shape index (κ3) is 2.42. The van der Waals surface area contributed by atoms with E-state index in [0.717, 1.165) is 6.42 Å². The van der Waals surface area contributed by atoms with Crippen LogP contribution in [0.25, 0.3) is 0 Å². The van der Waals surface area contributed by atoms with Crippen LogP contribution in [0.2, 0.25) is 0 Å². The van der Waals surface area contributed by atoms with Gasteiger partial charge in [-0.25, -0.2) is 0 Å². The Balaban J connectivity index is 2.29. The largest absolute Gasteiger partial charge is 0.379 e. The highest BCUT2D eigenvalue weighted by atomic mass is 16.8. The molecule has 2 aliphatic rings. The number of carbonyl (C=O) groups is 1. The van der Waals surface area contributed by atoms with E-state index in [9.17, 15) is 4.79 Å². The lowest BCUT2D eigenvalue weighted by molar-refractivity contribution is -0.181. The zero-order chi connectivity index (χ0) is 15.3. The van der Waals surface area contributed by atoms with Gasteiger partial charge in [0.25, 0.3) is 0 Å². The standard InChI is InChI=1S/C16H28O4/c1-9(11(3)17)10(2)16(6)8-12(18-7)13-14(16)20-15(4,5)19-13/h9-10,12-14H,8H2,1-7H3/t9?,10?,12-,13?,14?,16+/m1/s1. The number of hydrogen-bond acceptors (Lipinski definition) is 4. The summed E-state index contributed by atoms with van der Waals surface area (Å²) in [5.41, 5.74) is -0.107. The molecule has 0 spiro atoms. The van der Waals surface area contributed by atoms with Gasteiger partial charge in [0.05, 0.1) is 12.2 Å². The predicted molar refractivity (Wildman–Crippen MR) is 76.4 cm³/mol. The van der Waals surface area contributed by atoms with E-state index in [-0.39, 0.29) is 41.3 Å². The summed E-state index contributed by atoms with van der Waals surface area (Å²) in [6.07, 6.45) is 0.850. The topological polar surface area (TPSA) is 44.8 Å². The summed E-state index contributed by atoms with van der Waals surface area (Å²) >= 11 is 0. The molecular formula is C16H28O4. The molecule has 0 amide bonds. The van der Waals surface area contributed by atoms with E-state index in [4.69, 9.17) is 14.2 Å². The van der Waals surface area contributed by atoms with Crippen molar-refractivity contribution in [3.63, 3.8) is 0 Å². The van der Waals surface area contributed by atoms with Crippen molar-refractivity contribution in [2.24, 2.45) is 17.3 Å². The highest BCUT2D eigenvalue weighted by molar-refractivity contribution is 5.78. The van der Waals surface area contributed by atoms with Crippen LogP contribution in [0.4, 0.5) is 0 Å². The molecule has 4 heteroatoms. The summed E-state index contributed by atoms with van der Waals surface area (Å²) < 4.78 is 17.8. The molecule has 1 aliphatic heterocycles. The molecule has 6 atom stereocenters. The van der Waals surface area contributed by atoms with Gasteiger partial charge in [-0.05, 0) is 33.1 Å². The van der Waals surface area contributed by atoms with Gasteiger partial charge in [0, 0.05) is 18.4 Å². The number of methoxy groups -OCH3 is 1. The molecule has 0 bridgehead atoms. The van der Waals surface area contributed by atoms with Crippen molar-refractivity contribution < 1.29 is 19.0 Å². The average Bonchev–Trinajstić information content (AvgIpc) is 2.81. The number of Topliss-reactive ketones (excluding diaryl/α,β-unsaturated/α-hetero) is 1. The van der Waals surface area contributed by atoms with E-state index in [2.05, 4.69) is 13.8 Å². The molecule has 4 nitrogen and oxygen atoms in total. The Morgan fingerprint density at radius 3 is 2.35 bits per heavy atom. The smallest absolute Gasteiger partial charge is 0.163 e. The second kappa shape index (κ2) is 5.08. The second-order valence-corrected chi connectivity index (χ2v) is 7.19. The minimum atomic E-state index is -0.576. The molecule has 1 heterocycles. The van der Waals surface area contributed by atoms with Crippen molar-refractivity contribution in [1.82, 2.24) is 0 Å². The van der Waals surface area contributed by atoms with Crippen molar-refractivity contribution in [2.75, 3.05) is 7.11 Å². The second-order valence-electron chi connectivity index (χ2n) is 7.19. The third-order valence-corrected chi connectivity index (χ3v) is 5.52. The van der Waals surface area contributed by atoms with Gasteiger partial charge in [0.2, 0.25) is 0 Å². The first-order valence-corrected chi connectivity index (χ1v) is 7.51. The maximum Gasteiger partial charge on any atom is 0.163 e. The van der Waals surface area contributed by atoms with Crippen molar-refractivity contribution in [2.45, 2.75) is 72.1 Å². The van der Waals surface area contributed by atoms with E-state index >= 15 is 0 Å². The highest BCUT2D eigenvalue weighted by Gasteiger charge is 2.61. The number of rotatable bonds is 4. The molecule has 116 valence electrons. The first-order chi connectivity index (χ1) is 9.12. The Bertz CT molecular complexity index is 392. The molecule has 2 fully saturated rings. The summed E-state index contributed by atoms with van der Waals surface area (Å²) in [5.74, 6) is -0.101. The van der Waals surface area contributed by atoms with Crippen LogP contribution in [0.1, 0.15) is 48.0 Å². The van der Waals surface area contributed by atoms with E-state index < -0.39 is 5.79 Å². The van der Waals surface area contributed by atoms with Crippen molar-refractivity contribution >= 4 is 5.78 Å². The van der Waals surface area contributed by atoms with Crippen LogP contribution in [0, 0.1) is 17.3 Å². The van der Waals surface area contributed by atoms with E-state index in [1.165, 1.54) is 0 Å². The van der Waals surface area contributed by atoms with Crippen molar-refractivity contribution in [3.8, 4) is 0 Å². The lowest BCUT2D eigenvalue weighted by Crippen LogP contribution is -2.42. The van der Waals surface area contributed by atoms with Gasteiger partial charge < -0.3 is 14.2 Å². The number of ether oxygens (including phenoxy) is 3. The Morgan fingerprint density at radius 2 is 1.85 bits per heavy atom. The van der Waals surface area contributed by atoms with Crippen LogP contribution < -0.4 is 0 Å². The number of ketones is 1. The zero-order valence-electron chi connectivity index (χ0n) is 13.7. The molecule has 0 aromatic heterocycles. The molecule has 0 N–H and O–H groups in total. The molecule has 1 saturated heterocycles. The van der Waals surface area contributed by atoms with Crippen molar-refractivity contribution in [3.05, 3.63) is 0 Å². The van der Waals surface area contributed by atoms with Crippen LogP contribution in [-0.4, -0.2) is 37.0 Å². The zero-order valence-corrected chi connectivity index (χ0v) is 13.7. The molecule has 20 heavy (non-hydrogen) atoms. The van der Waals surface area contributed by atoms with Gasteiger partial charge in [-0.1, -0.05) is 20.8 Å². The Kier molecular flexibility index (Phi) is 4.04. The minimum absolute atomic E-state index is 0.0146. The molecule has 1 aliphatic carbocycles. The first-order valence-electron chi connectivity index (χ1n) is 7.51. The number of hydrogen-bond donors (Lipinski definition) is 0. The van der Waals surface area contributed by atoms with E-state index in [0.29, 0.717) is 0 Å². The lowest BCUT2D eigenvalue weighted by atomic mass is 9.68. The lowest BCUT2D eigenvalue weighted by Gasteiger charge is -2.39. The first kappa shape index (κ1) is 15.9. The van der Waals surface area contributed by atoms with Crippen LogP contribution in [0.15, 0.2) is 0 Å². The minimum Gasteiger partial charge on any atom is -0.379 e. The molecule has 0 radical (unpaired) electrons. The molecule has 0 aromatic rings. The van der Waals surface area contributed by atoms with E-state index in [1.54, 1.807) is 14.0 Å². The average molecular weight is 284 g/mol. The fourth-order valence-electron chi connectivity index (χ4n) is 3.82. The maximum absolute atomic E-state index is 11.8. The summed E-state index contributed by atoms with van der Waals surface area (Å²) in [7, 11) is 1.72. The molecule has 0 aromatic carbocycles. The Hall–Kier alpha value is -0.450. The fraction of sp³-hybridized carbons (Fsp3) is 0.938. The monoisotopic (exact) mass is 284 g/mol. The van der Waals surface area contributed by atoms with Crippen LogP contribution in [-0.2, 0) is 19.0 Å². The third-order valence-electron chi connectivity index (χ3n) is 5.52. The summed E-state index contributed by atoms with van der Waals surface area (Å²) in [4.78, 5) is 11.8. The van der Waals surface area contributed by atoms with Gasteiger partial charge in [0.1, 0.15) is 11.9 Å². The highest BCUT2D eigenvalue weighted by Crippen LogP contribution is 2.54. The number of fused-ring (bicyclic) bond motifs is 1. The molecule has 2 rings (SSSR count). The molecule has 1 saturated carbocycles. The van der Waals surface area contributed by atoms with Gasteiger partial charge in [0.15, 0.2) is 5.79 Å². The quantitative estimate of drug-likeness (QED) is 0.796. The fourth-order valence-corrected chi connectivity index (χ4v) is 3.82. The van der Waals surface area contributed by atoms with Gasteiger partial charge in [-0.2, -0.15) is 0 Å². The summed E-state index contributed by atoms with van der Waals surface area (Å²) in [6.45, 7) is 11.9. The van der Waals surface area contributed by atoms with Crippen LogP contribution in [0.3, 0.4) is 0 Å². The maximum atomic E-state index is 11.8.